The number of aryl methyl sites for hydroxylation is 1. The van der Waals surface area contributed by atoms with E-state index >= 15 is 0 Å². The second kappa shape index (κ2) is 6.39. The summed E-state index contributed by atoms with van der Waals surface area (Å²) in [6.07, 6.45) is 3.41. The van der Waals surface area contributed by atoms with Crippen molar-refractivity contribution in [2.24, 2.45) is 5.92 Å². The number of hydrogen-bond donors (Lipinski definition) is 1. The second-order valence-electron chi connectivity index (χ2n) is 5.18. The number of fused-ring (bicyclic) bond motifs is 1. The lowest BCUT2D eigenvalue weighted by molar-refractivity contribution is -0.115. The van der Waals surface area contributed by atoms with Gasteiger partial charge in [0.2, 0.25) is 5.91 Å². The number of anilines is 1. The topological polar surface area (TPSA) is 55.4 Å². The number of hydrogen-bond acceptors (Lipinski definition) is 4. The van der Waals surface area contributed by atoms with Gasteiger partial charge in [-0.15, -0.1) is 11.3 Å². The fraction of sp³-hybridized carbons (Fsp3) is 0.600. The molecular formula is C15H21NO3S. The van der Waals surface area contributed by atoms with E-state index in [-0.39, 0.29) is 11.9 Å². The molecule has 0 saturated heterocycles. The molecule has 1 N–H and O–H groups in total. The number of thiophene rings is 1. The summed E-state index contributed by atoms with van der Waals surface area (Å²) in [6, 6.07) is 0. The van der Waals surface area contributed by atoms with Crippen LogP contribution in [0.2, 0.25) is 0 Å². The Hall–Kier alpha value is -1.36. The molecule has 5 heteroatoms. The summed E-state index contributed by atoms with van der Waals surface area (Å²) in [6.45, 7) is 6.14. The average molecular weight is 295 g/mol. The first-order valence-corrected chi connectivity index (χ1v) is 7.99. The highest BCUT2D eigenvalue weighted by atomic mass is 32.1. The molecule has 1 atom stereocenters. The van der Waals surface area contributed by atoms with Crippen LogP contribution in [0.4, 0.5) is 5.00 Å². The van der Waals surface area contributed by atoms with E-state index in [4.69, 9.17) is 4.74 Å². The average Bonchev–Trinajstić information content (AvgIpc) is 2.75. The minimum Gasteiger partial charge on any atom is -0.462 e. The third-order valence-corrected chi connectivity index (χ3v) is 4.77. The lowest BCUT2D eigenvalue weighted by atomic mass is 9.88. The monoisotopic (exact) mass is 295 g/mol. The van der Waals surface area contributed by atoms with Crippen molar-refractivity contribution in [2.45, 2.75) is 46.5 Å². The van der Waals surface area contributed by atoms with Crippen molar-refractivity contribution in [1.82, 2.24) is 0 Å². The molecule has 0 radical (unpaired) electrons. The number of amides is 1. The predicted octanol–water partition coefficient (Wildman–Crippen LogP) is 3.40. The van der Waals surface area contributed by atoms with Crippen LogP contribution in [-0.2, 0) is 22.4 Å². The van der Waals surface area contributed by atoms with Gasteiger partial charge in [0, 0.05) is 11.3 Å². The van der Waals surface area contributed by atoms with Gasteiger partial charge in [-0.25, -0.2) is 4.79 Å². The first-order chi connectivity index (χ1) is 9.56. The Kier molecular flexibility index (Phi) is 4.81. The second-order valence-corrected chi connectivity index (χ2v) is 6.28. The van der Waals surface area contributed by atoms with Crippen LogP contribution in [-0.4, -0.2) is 18.5 Å². The Bertz CT molecular complexity index is 521. The Morgan fingerprint density at radius 2 is 2.15 bits per heavy atom. The minimum absolute atomic E-state index is 0.0674. The zero-order chi connectivity index (χ0) is 14.7. The molecule has 4 nitrogen and oxygen atoms in total. The smallest absolute Gasteiger partial charge is 0.341 e. The molecule has 1 heterocycles. The largest absolute Gasteiger partial charge is 0.462 e. The van der Waals surface area contributed by atoms with Gasteiger partial charge in [0.05, 0.1) is 12.2 Å². The highest BCUT2D eigenvalue weighted by Crippen LogP contribution is 2.40. The van der Waals surface area contributed by atoms with Crippen LogP contribution in [0.1, 0.15) is 54.4 Å². The molecule has 0 aliphatic heterocycles. The molecule has 0 fully saturated rings. The maximum atomic E-state index is 12.2. The van der Waals surface area contributed by atoms with E-state index in [1.54, 1.807) is 13.8 Å². The van der Waals surface area contributed by atoms with Crippen molar-refractivity contribution in [2.75, 3.05) is 11.9 Å². The summed E-state index contributed by atoms with van der Waals surface area (Å²) < 4.78 is 5.16. The Morgan fingerprint density at radius 1 is 1.40 bits per heavy atom. The molecule has 0 saturated carbocycles. The first kappa shape index (κ1) is 15.0. The number of esters is 1. The van der Waals surface area contributed by atoms with Gasteiger partial charge in [-0.3, -0.25) is 4.79 Å². The van der Waals surface area contributed by atoms with E-state index < -0.39 is 0 Å². The van der Waals surface area contributed by atoms with Crippen LogP contribution in [0, 0.1) is 5.92 Å². The molecule has 1 aliphatic carbocycles. The lowest BCUT2D eigenvalue weighted by Crippen LogP contribution is -2.16. The highest BCUT2D eigenvalue weighted by molar-refractivity contribution is 7.17. The number of rotatable bonds is 4. The van der Waals surface area contributed by atoms with Crippen molar-refractivity contribution in [1.29, 1.82) is 0 Å². The minimum atomic E-state index is -0.314. The van der Waals surface area contributed by atoms with Crippen molar-refractivity contribution in [3.05, 3.63) is 16.0 Å². The van der Waals surface area contributed by atoms with Gasteiger partial charge in [-0.2, -0.15) is 0 Å². The van der Waals surface area contributed by atoms with Crippen molar-refractivity contribution in [3.8, 4) is 0 Å². The SMILES string of the molecule is CCOC(=O)c1c(NC(=O)CC)sc2c1C[C@@H](C)CC2. The van der Waals surface area contributed by atoms with Gasteiger partial charge in [-0.05, 0) is 37.7 Å². The standard InChI is InChI=1S/C15H21NO3S/c1-4-12(17)16-14-13(15(18)19-5-2)10-8-9(3)6-7-11(10)20-14/h9H,4-8H2,1-3H3,(H,16,17)/t9-/m0/s1. The van der Waals surface area contributed by atoms with Crippen LogP contribution < -0.4 is 5.32 Å². The molecule has 2 rings (SSSR count). The summed E-state index contributed by atoms with van der Waals surface area (Å²) in [4.78, 5) is 25.1. The van der Waals surface area contributed by atoms with E-state index in [1.165, 1.54) is 16.2 Å². The Morgan fingerprint density at radius 3 is 2.80 bits per heavy atom. The summed E-state index contributed by atoms with van der Waals surface area (Å²) in [5.41, 5.74) is 1.67. The van der Waals surface area contributed by atoms with Crippen molar-refractivity contribution >= 4 is 28.2 Å². The van der Waals surface area contributed by atoms with Gasteiger partial charge in [-0.1, -0.05) is 13.8 Å². The van der Waals surface area contributed by atoms with Gasteiger partial charge in [0.15, 0.2) is 0 Å². The highest BCUT2D eigenvalue weighted by Gasteiger charge is 2.29. The number of carbonyl (C=O) groups excluding carboxylic acids is 2. The summed E-state index contributed by atoms with van der Waals surface area (Å²) in [5, 5.41) is 3.51. The Balaban J connectivity index is 2.40. The van der Waals surface area contributed by atoms with Gasteiger partial charge in [0.25, 0.3) is 0 Å². The number of nitrogens with one attached hydrogen (secondary N) is 1. The maximum absolute atomic E-state index is 12.2. The lowest BCUT2D eigenvalue weighted by Gasteiger charge is -2.18. The zero-order valence-corrected chi connectivity index (χ0v) is 13.1. The molecule has 0 bridgehead atoms. The fourth-order valence-corrected chi connectivity index (χ4v) is 3.73. The normalized spacial score (nSPS) is 17.4. The van der Waals surface area contributed by atoms with E-state index in [0.717, 1.165) is 24.8 Å². The zero-order valence-electron chi connectivity index (χ0n) is 12.2. The first-order valence-electron chi connectivity index (χ1n) is 7.18. The molecule has 20 heavy (non-hydrogen) atoms. The van der Waals surface area contributed by atoms with E-state index in [1.807, 2.05) is 0 Å². The molecule has 1 aliphatic rings. The molecule has 0 spiro atoms. The molecule has 1 amide bonds. The third-order valence-electron chi connectivity index (χ3n) is 3.56. The van der Waals surface area contributed by atoms with E-state index in [9.17, 15) is 9.59 Å². The molecule has 0 aromatic carbocycles. The maximum Gasteiger partial charge on any atom is 0.341 e. The van der Waals surface area contributed by atoms with Crippen LogP contribution in [0.25, 0.3) is 0 Å². The third kappa shape index (κ3) is 3.03. The molecule has 0 unspecified atom stereocenters. The summed E-state index contributed by atoms with van der Waals surface area (Å²) in [5.74, 6) is 0.188. The van der Waals surface area contributed by atoms with E-state index in [0.29, 0.717) is 29.5 Å². The number of ether oxygens (including phenoxy) is 1. The summed E-state index contributed by atoms with van der Waals surface area (Å²) in [7, 11) is 0. The molecule has 110 valence electrons. The fourth-order valence-electron chi connectivity index (χ4n) is 2.48. The molecule has 1 aromatic rings. The van der Waals surface area contributed by atoms with Crippen LogP contribution >= 0.6 is 11.3 Å². The van der Waals surface area contributed by atoms with E-state index in [2.05, 4.69) is 12.2 Å². The summed E-state index contributed by atoms with van der Waals surface area (Å²) >= 11 is 1.53. The Labute approximate surface area is 123 Å². The molecule has 1 aromatic heterocycles. The van der Waals surface area contributed by atoms with Crippen molar-refractivity contribution in [3.63, 3.8) is 0 Å². The van der Waals surface area contributed by atoms with Crippen molar-refractivity contribution < 1.29 is 14.3 Å². The van der Waals surface area contributed by atoms with Gasteiger partial charge in [0.1, 0.15) is 5.00 Å². The van der Waals surface area contributed by atoms with Gasteiger partial charge >= 0.3 is 5.97 Å². The number of carbonyl (C=O) groups is 2. The van der Waals surface area contributed by atoms with Gasteiger partial charge < -0.3 is 10.1 Å². The van der Waals surface area contributed by atoms with Crippen LogP contribution in [0.5, 0.6) is 0 Å². The molecular weight excluding hydrogens is 274 g/mol. The quantitative estimate of drug-likeness (QED) is 0.866. The van der Waals surface area contributed by atoms with Crippen LogP contribution in [0.3, 0.4) is 0 Å². The predicted molar refractivity (Wildman–Crippen MR) is 80.4 cm³/mol. The van der Waals surface area contributed by atoms with Crippen LogP contribution in [0.15, 0.2) is 0 Å².